The van der Waals surface area contributed by atoms with E-state index in [0.29, 0.717) is 12.0 Å². The van der Waals surface area contributed by atoms with Crippen LogP contribution in [0.25, 0.3) is 0 Å². The van der Waals surface area contributed by atoms with Gasteiger partial charge in [-0.1, -0.05) is 11.1 Å². The fourth-order valence-electron chi connectivity index (χ4n) is 2.61. The Hall–Kier alpha value is -3.73. The molecule has 0 fully saturated rings. The van der Waals surface area contributed by atoms with Gasteiger partial charge in [0.2, 0.25) is 17.8 Å². The van der Waals surface area contributed by atoms with Crippen LogP contribution in [0, 0.1) is 0 Å². The summed E-state index contributed by atoms with van der Waals surface area (Å²) in [5.74, 6) is -2.42. The molecule has 42 heavy (non-hydrogen) atoms. The van der Waals surface area contributed by atoms with Crippen LogP contribution in [0.5, 0.6) is 0 Å². The lowest BCUT2D eigenvalue weighted by Crippen LogP contribution is -2.18. The minimum absolute atomic E-state index is 0.0120. The standard InChI is InChI=1S/C16H18N10O12S4/c27-37-38-39-6-4-17-11-21-13(25-15(23-11)41(31,32)33)19-9-2-1-3-10(8-9)20-14-22-12(18-5-7-40(28,29)30)24-16(26-14)42(34,35)36/h1-4,8,27H,5-7H2,(H,28,29,30)(H,31,32,33)(H,34,35,36)(H,19,21,23,25)(H2,18,20,22,24,26). The average Bonchev–Trinajstić information content (AvgIpc) is 2.87. The highest BCUT2D eigenvalue weighted by Gasteiger charge is 2.19. The Morgan fingerprint density at radius 1 is 0.833 bits per heavy atom. The molecule has 0 aliphatic carbocycles. The van der Waals surface area contributed by atoms with Crippen LogP contribution in [0.4, 0.5) is 35.2 Å². The van der Waals surface area contributed by atoms with E-state index in [1.54, 1.807) is 0 Å². The Morgan fingerprint density at radius 3 is 1.98 bits per heavy atom. The monoisotopic (exact) mass is 670 g/mol. The molecule has 2 heterocycles. The summed E-state index contributed by atoms with van der Waals surface area (Å²) in [6, 6.07) is 5.81. The largest absolute Gasteiger partial charge is 0.353 e. The van der Waals surface area contributed by atoms with Gasteiger partial charge in [0.25, 0.3) is 26.4 Å². The minimum Gasteiger partial charge on any atom is -0.353 e. The lowest BCUT2D eigenvalue weighted by molar-refractivity contribution is -0.432. The van der Waals surface area contributed by atoms with Gasteiger partial charge in [0.1, 0.15) is 0 Å². The third-order valence-corrected chi connectivity index (χ3v) is 6.58. The second-order valence-corrected chi connectivity index (χ2v) is 12.1. The molecule has 0 spiro atoms. The van der Waals surface area contributed by atoms with Crippen molar-refractivity contribution in [2.45, 2.75) is 10.3 Å². The molecule has 0 saturated heterocycles. The van der Waals surface area contributed by atoms with E-state index in [9.17, 15) is 34.4 Å². The molecular formula is C16H18N10O12S4. The van der Waals surface area contributed by atoms with Gasteiger partial charge in [-0.25, -0.2) is 10.2 Å². The summed E-state index contributed by atoms with van der Waals surface area (Å²) in [6.45, 7) is -0.417. The Bertz CT molecular complexity index is 1770. The van der Waals surface area contributed by atoms with Crippen molar-refractivity contribution in [3.05, 3.63) is 24.3 Å². The van der Waals surface area contributed by atoms with Gasteiger partial charge in [0, 0.05) is 36.2 Å². The van der Waals surface area contributed by atoms with Crippen LogP contribution in [0.2, 0.25) is 0 Å². The first-order valence-electron chi connectivity index (χ1n) is 10.5. The molecule has 2 aromatic heterocycles. The molecule has 22 nitrogen and oxygen atoms in total. The summed E-state index contributed by atoms with van der Waals surface area (Å²) >= 11 is 0.617. The van der Waals surface area contributed by atoms with Gasteiger partial charge in [-0.2, -0.15) is 55.2 Å². The maximum Gasteiger partial charge on any atom is 0.330 e. The quantitative estimate of drug-likeness (QED) is 0.0281. The van der Waals surface area contributed by atoms with E-state index in [-0.39, 0.29) is 23.1 Å². The Morgan fingerprint density at radius 2 is 1.40 bits per heavy atom. The molecule has 3 aromatic rings. The summed E-state index contributed by atoms with van der Waals surface area (Å²) in [5, 5.41) is 17.1. The van der Waals surface area contributed by atoms with E-state index in [2.05, 4.69) is 60.2 Å². The first-order valence-corrected chi connectivity index (χ1v) is 15.9. The van der Waals surface area contributed by atoms with Gasteiger partial charge in [-0.3, -0.25) is 13.7 Å². The van der Waals surface area contributed by atoms with Crippen molar-refractivity contribution in [2.75, 3.05) is 34.0 Å². The maximum atomic E-state index is 11.6. The highest BCUT2D eigenvalue weighted by Crippen LogP contribution is 2.22. The van der Waals surface area contributed by atoms with Crippen molar-refractivity contribution in [3.8, 4) is 0 Å². The zero-order valence-electron chi connectivity index (χ0n) is 20.3. The van der Waals surface area contributed by atoms with Gasteiger partial charge in [0.05, 0.1) is 11.5 Å². The highest BCUT2D eigenvalue weighted by molar-refractivity contribution is 7.95. The molecule has 0 radical (unpaired) electrons. The van der Waals surface area contributed by atoms with Crippen molar-refractivity contribution in [3.63, 3.8) is 0 Å². The van der Waals surface area contributed by atoms with Gasteiger partial charge in [-0.15, -0.1) is 4.33 Å². The van der Waals surface area contributed by atoms with Gasteiger partial charge < -0.3 is 16.0 Å². The summed E-state index contributed by atoms with van der Waals surface area (Å²) in [6.07, 6.45) is 1.17. The molecule has 0 unspecified atom stereocenters. The summed E-state index contributed by atoms with van der Waals surface area (Å²) in [5.41, 5.74) is 0.406. The predicted molar refractivity (Wildman–Crippen MR) is 143 cm³/mol. The zero-order chi connectivity index (χ0) is 31.0. The average molecular weight is 671 g/mol. The van der Waals surface area contributed by atoms with E-state index in [4.69, 9.17) is 9.81 Å². The lowest BCUT2D eigenvalue weighted by atomic mass is 10.3. The third kappa shape index (κ3) is 10.9. The lowest BCUT2D eigenvalue weighted by Gasteiger charge is -2.11. The van der Waals surface area contributed by atoms with E-state index in [0.717, 1.165) is 0 Å². The van der Waals surface area contributed by atoms with Crippen LogP contribution < -0.4 is 16.0 Å². The number of anilines is 5. The number of hydrogen-bond donors (Lipinski definition) is 7. The van der Waals surface area contributed by atoms with Crippen LogP contribution in [0.15, 0.2) is 39.6 Å². The number of nitrogens with zero attached hydrogens (tertiary/aromatic N) is 7. The zero-order valence-corrected chi connectivity index (χ0v) is 23.6. The number of hydrogen-bond acceptors (Lipinski definition) is 20. The molecule has 7 N–H and O–H groups in total. The van der Waals surface area contributed by atoms with Gasteiger partial charge >= 0.3 is 20.2 Å². The fraction of sp³-hybridized carbons (Fsp3) is 0.188. The number of rotatable bonds is 15. The van der Waals surface area contributed by atoms with Crippen molar-refractivity contribution >= 4 is 83.8 Å². The normalized spacial score (nSPS) is 12.4. The summed E-state index contributed by atoms with van der Waals surface area (Å²) < 4.78 is 100. The topological polar surface area (TPSA) is 328 Å². The van der Waals surface area contributed by atoms with E-state index in [1.807, 2.05) is 0 Å². The second kappa shape index (κ2) is 14.0. The van der Waals surface area contributed by atoms with E-state index >= 15 is 0 Å². The molecule has 0 saturated carbocycles. The van der Waals surface area contributed by atoms with Crippen LogP contribution >= 0.6 is 12.0 Å². The van der Waals surface area contributed by atoms with Crippen LogP contribution in [0.1, 0.15) is 0 Å². The SMILES string of the molecule is O=S(=O)(O)CCNc1nc(Nc2cccc(Nc3nc(N=CCSOOO)nc(S(=O)(=O)O)n3)c2)nc(S(=O)(=O)O)n1. The molecule has 0 bridgehead atoms. The molecule has 0 aliphatic rings. The molecule has 0 aliphatic heterocycles. The first kappa shape index (κ1) is 32.8. The molecule has 0 atom stereocenters. The molecule has 26 heteroatoms. The Kier molecular flexibility index (Phi) is 10.9. The van der Waals surface area contributed by atoms with Crippen molar-refractivity contribution in [1.82, 2.24) is 29.9 Å². The fourth-order valence-corrected chi connectivity index (χ4v) is 4.00. The third-order valence-electron chi connectivity index (χ3n) is 4.13. The maximum absolute atomic E-state index is 11.6. The first-order chi connectivity index (χ1) is 19.6. The highest BCUT2D eigenvalue weighted by atomic mass is 32.2. The molecule has 228 valence electrons. The summed E-state index contributed by atoms with van der Waals surface area (Å²) in [7, 11) is -14.2. The van der Waals surface area contributed by atoms with Gasteiger partial charge in [0.15, 0.2) is 0 Å². The molecule has 3 rings (SSSR count). The number of aliphatic imine (C=N–C) groups is 1. The predicted octanol–water partition coefficient (Wildman–Crippen LogP) is 0.109. The van der Waals surface area contributed by atoms with Crippen LogP contribution in [-0.2, 0) is 39.7 Å². The smallest absolute Gasteiger partial charge is 0.330 e. The number of nitrogens with one attached hydrogen (secondary N) is 3. The van der Waals surface area contributed by atoms with Crippen molar-refractivity contribution < 1.29 is 53.5 Å². The summed E-state index contributed by atoms with van der Waals surface area (Å²) in [4.78, 5) is 25.8. The van der Waals surface area contributed by atoms with Gasteiger partial charge in [-0.05, 0) is 18.2 Å². The Labute approximate surface area is 240 Å². The van der Waals surface area contributed by atoms with E-state index in [1.165, 1.54) is 30.5 Å². The Balaban J connectivity index is 1.86. The van der Waals surface area contributed by atoms with E-state index < -0.39 is 70.8 Å². The number of aromatic nitrogens is 6. The number of benzene rings is 1. The van der Waals surface area contributed by atoms with Crippen molar-refractivity contribution in [1.29, 1.82) is 0 Å². The molecule has 0 amide bonds. The van der Waals surface area contributed by atoms with Crippen LogP contribution in [-0.4, -0.2) is 98.3 Å². The second-order valence-electron chi connectivity index (χ2n) is 7.24. The van der Waals surface area contributed by atoms with Crippen molar-refractivity contribution in [2.24, 2.45) is 4.99 Å². The molecule has 1 aromatic carbocycles. The van der Waals surface area contributed by atoms with Crippen LogP contribution in [0.3, 0.4) is 0 Å². The minimum atomic E-state index is -4.93. The molecular weight excluding hydrogens is 653 g/mol.